The number of carbonyl (C=O) groups excluding carboxylic acids is 1. The van der Waals surface area contributed by atoms with Crippen molar-refractivity contribution < 1.29 is 28.7 Å². The molecule has 0 saturated heterocycles. The molecule has 0 aliphatic rings. The van der Waals surface area contributed by atoms with Crippen LogP contribution in [0.25, 0.3) is 0 Å². The summed E-state index contributed by atoms with van der Waals surface area (Å²) in [4.78, 5) is 22.8. The number of nitrogens with zero attached hydrogens (tertiary/aromatic N) is 1. The summed E-state index contributed by atoms with van der Waals surface area (Å²) in [5, 5.41) is 8.94. The molecule has 6 heteroatoms. The van der Waals surface area contributed by atoms with Gasteiger partial charge in [-0.2, -0.15) is 0 Å². The Morgan fingerprint density at radius 3 is 2.05 bits per heavy atom. The van der Waals surface area contributed by atoms with E-state index >= 15 is 0 Å². The van der Waals surface area contributed by atoms with Gasteiger partial charge in [0.1, 0.15) is 12.6 Å². The van der Waals surface area contributed by atoms with Crippen LogP contribution < -0.4 is 0 Å². The summed E-state index contributed by atoms with van der Waals surface area (Å²) in [7, 11) is 5.76. The summed E-state index contributed by atoms with van der Waals surface area (Å²) >= 11 is 0. The Bertz CT molecular complexity index is 338. The maximum Gasteiger partial charge on any atom is 0.509 e. The van der Waals surface area contributed by atoms with Crippen LogP contribution in [0.2, 0.25) is 0 Å². The van der Waals surface area contributed by atoms with E-state index in [4.69, 9.17) is 14.6 Å². The van der Waals surface area contributed by atoms with E-state index in [-0.39, 0.29) is 12.5 Å². The first-order chi connectivity index (χ1) is 10.2. The Morgan fingerprint density at radius 2 is 1.59 bits per heavy atom. The molecule has 0 saturated carbocycles. The average Bonchev–Trinajstić information content (AvgIpc) is 2.32. The van der Waals surface area contributed by atoms with Crippen molar-refractivity contribution in [3.8, 4) is 0 Å². The van der Waals surface area contributed by atoms with Crippen LogP contribution in [0, 0.1) is 0 Å². The maximum atomic E-state index is 11.9. The topological polar surface area (TPSA) is 72.8 Å². The highest BCUT2D eigenvalue weighted by Crippen LogP contribution is 2.14. The van der Waals surface area contributed by atoms with Crippen LogP contribution in [0.3, 0.4) is 0 Å². The van der Waals surface area contributed by atoms with Crippen molar-refractivity contribution in [3.63, 3.8) is 0 Å². The second kappa shape index (κ2) is 10.4. The van der Waals surface area contributed by atoms with E-state index < -0.39 is 18.2 Å². The smallest absolute Gasteiger partial charge is 0.481 e. The molecule has 0 heterocycles. The standard InChI is InChI=1S/C16H31NO5/c1-6-8-10-13(9-7-2)21-16(20)22-14(11-15(18)19)12-17(3,4)5/h13-14H,6-12H2,1-5H3/p+1/t13?,14-/m1/s1. The minimum Gasteiger partial charge on any atom is -0.481 e. The van der Waals surface area contributed by atoms with Gasteiger partial charge in [0.2, 0.25) is 0 Å². The fraction of sp³-hybridized carbons (Fsp3) is 0.875. The van der Waals surface area contributed by atoms with E-state index in [2.05, 4.69) is 6.92 Å². The Hall–Kier alpha value is -1.30. The molecule has 6 nitrogen and oxygen atoms in total. The molecule has 0 radical (unpaired) electrons. The first-order valence-corrected chi connectivity index (χ1v) is 8.07. The average molecular weight is 318 g/mol. The number of hydrogen-bond donors (Lipinski definition) is 1. The molecule has 0 fully saturated rings. The number of likely N-dealkylation sites (N-methyl/N-ethyl adjacent to an activating group) is 1. The second-order valence-corrected chi connectivity index (χ2v) is 6.73. The van der Waals surface area contributed by atoms with Crippen molar-refractivity contribution >= 4 is 12.1 Å². The normalized spacial score (nSPS) is 14.2. The number of carboxylic acids is 1. The second-order valence-electron chi connectivity index (χ2n) is 6.73. The van der Waals surface area contributed by atoms with Gasteiger partial charge in [0.15, 0.2) is 6.10 Å². The number of unbranched alkanes of at least 4 members (excludes halogenated alkanes) is 1. The zero-order chi connectivity index (χ0) is 17.2. The number of rotatable bonds is 11. The molecule has 130 valence electrons. The van der Waals surface area contributed by atoms with Crippen LogP contribution in [0.15, 0.2) is 0 Å². The third-order valence-electron chi connectivity index (χ3n) is 3.17. The van der Waals surface area contributed by atoms with Gasteiger partial charge in [-0.25, -0.2) is 4.79 Å². The van der Waals surface area contributed by atoms with E-state index in [1.807, 2.05) is 28.1 Å². The van der Waals surface area contributed by atoms with Crippen LogP contribution in [-0.2, 0) is 14.3 Å². The molecule has 1 unspecified atom stereocenters. The molecule has 0 rings (SSSR count). The summed E-state index contributed by atoms with van der Waals surface area (Å²) in [6.07, 6.45) is 2.79. The van der Waals surface area contributed by atoms with Crippen molar-refractivity contribution in [1.29, 1.82) is 0 Å². The lowest BCUT2D eigenvalue weighted by atomic mass is 10.1. The van der Waals surface area contributed by atoms with Crippen molar-refractivity contribution in [2.24, 2.45) is 0 Å². The molecule has 1 N–H and O–H groups in total. The lowest BCUT2D eigenvalue weighted by Gasteiger charge is -2.28. The third-order valence-corrected chi connectivity index (χ3v) is 3.17. The summed E-state index contributed by atoms with van der Waals surface area (Å²) in [6, 6.07) is 0. The molecule has 0 bridgehead atoms. The number of aliphatic carboxylic acids is 1. The van der Waals surface area contributed by atoms with Crippen molar-refractivity contribution in [3.05, 3.63) is 0 Å². The number of carbonyl (C=O) groups is 2. The lowest BCUT2D eigenvalue weighted by molar-refractivity contribution is -0.873. The van der Waals surface area contributed by atoms with E-state index in [1.165, 1.54) is 0 Å². The fourth-order valence-corrected chi connectivity index (χ4v) is 2.27. The molecule has 0 aliphatic heterocycles. The third kappa shape index (κ3) is 11.4. The molecule has 0 amide bonds. The van der Waals surface area contributed by atoms with E-state index in [0.717, 1.165) is 32.1 Å². The Balaban J connectivity index is 4.54. The minimum atomic E-state index is -0.984. The summed E-state index contributed by atoms with van der Waals surface area (Å²) in [6.45, 7) is 4.55. The molecule has 0 aromatic rings. The van der Waals surface area contributed by atoms with Gasteiger partial charge in [0.25, 0.3) is 0 Å². The Labute approximate surface area is 134 Å². The number of quaternary nitrogens is 1. The molecule has 0 aromatic carbocycles. The molecule has 2 atom stereocenters. The Morgan fingerprint density at radius 1 is 1.00 bits per heavy atom. The van der Waals surface area contributed by atoms with Crippen LogP contribution in [0.5, 0.6) is 0 Å². The largest absolute Gasteiger partial charge is 0.509 e. The van der Waals surface area contributed by atoms with Crippen molar-refractivity contribution in [2.45, 2.75) is 64.6 Å². The van der Waals surface area contributed by atoms with E-state index in [0.29, 0.717) is 11.0 Å². The molecule has 0 aromatic heterocycles. The van der Waals surface area contributed by atoms with Crippen LogP contribution in [0.1, 0.15) is 52.4 Å². The van der Waals surface area contributed by atoms with Gasteiger partial charge in [-0.15, -0.1) is 0 Å². The van der Waals surface area contributed by atoms with Crippen molar-refractivity contribution in [2.75, 3.05) is 27.7 Å². The molecular formula is C16H32NO5+. The number of hydrogen-bond acceptors (Lipinski definition) is 4. The quantitative estimate of drug-likeness (QED) is 0.468. The van der Waals surface area contributed by atoms with Crippen molar-refractivity contribution in [1.82, 2.24) is 0 Å². The van der Waals surface area contributed by atoms with Gasteiger partial charge in [-0.05, 0) is 12.8 Å². The summed E-state index contributed by atoms with van der Waals surface area (Å²) < 4.78 is 11.1. The SMILES string of the molecule is CCCCC(CCC)OC(=O)O[C@H](CC(=O)O)C[N+](C)(C)C. The van der Waals surface area contributed by atoms with Crippen LogP contribution in [-0.4, -0.2) is 61.6 Å². The first-order valence-electron chi connectivity index (χ1n) is 8.07. The molecule has 22 heavy (non-hydrogen) atoms. The number of ether oxygens (including phenoxy) is 2. The highest BCUT2D eigenvalue weighted by Gasteiger charge is 2.26. The van der Waals surface area contributed by atoms with Crippen LogP contribution in [0.4, 0.5) is 4.79 Å². The summed E-state index contributed by atoms with van der Waals surface area (Å²) in [5.41, 5.74) is 0. The van der Waals surface area contributed by atoms with E-state index in [1.54, 1.807) is 0 Å². The van der Waals surface area contributed by atoms with Gasteiger partial charge >= 0.3 is 12.1 Å². The highest BCUT2D eigenvalue weighted by atomic mass is 16.7. The van der Waals surface area contributed by atoms with Crippen LogP contribution >= 0.6 is 0 Å². The summed E-state index contributed by atoms with van der Waals surface area (Å²) in [5.74, 6) is -0.984. The van der Waals surface area contributed by atoms with Gasteiger partial charge in [0, 0.05) is 0 Å². The maximum absolute atomic E-state index is 11.9. The van der Waals surface area contributed by atoms with Gasteiger partial charge < -0.3 is 19.1 Å². The molecular weight excluding hydrogens is 286 g/mol. The predicted molar refractivity (Wildman–Crippen MR) is 84.7 cm³/mol. The monoisotopic (exact) mass is 318 g/mol. The van der Waals surface area contributed by atoms with Gasteiger partial charge in [-0.3, -0.25) is 4.79 Å². The zero-order valence-electron chi connectivity index (χ0n) is 14.6. The number of carboxylic acid groups (broad SMARTS) is 1. The minimum absolute atomic E-state index is 0.146. The lowest BCUT2D eigenvalue weighted by Crippen LogP contribution is -2.44. The Kier molecular flexibility index (Phi) is 9.81. The molecule has 0 aliphatic carbocycles. The van der Waals surface area contributed by atoms with E-state index in [9.17, 15) is 9.59 Å². The van der Waals surface area contributed by atoms with Gasteiger partial charge in [-0.1, -0.05) is 33.1 Å². The highest BCUT2D eigenvalue weighted by molar-refractivity contribution is 5.68. The fourth-order valence-electron chi connectivity index (χ4n) is 2.27. The molecule has 0 spiro atoms. The first kappa shape index (κ1) is 20.7. The van der Waals surface area contributed by atoms with Gasteiger partial charge in [0.05, 0.1) is 27.6 Å². The zero-order valence-corrected chi connectivity index (χ0v) is 14.6. The predicted octanol–water partition coefficient (Wildman–Crippen LogP) is 3.05.